The molecule has 1 N–H and O–H groups in total. The minimum atomic E-state index is -0.363. The number of thiazole rings is 1. The highest BCUT2D eigenvalue weighted by atomic mass is 32.1. The average molecular weight is 383 g/mol. The van der Waals surface area contributed by atoms with Crippen LogP contribution in [0, 0.1) is 12.8 Å². The Bertz CT molecular complexity index is 1000. The molecule has 0 radical (unpaired) electrons. The molecule has 3 heterocycles. The number of aryl methyl sites for hydroxylation is 1. The van der Waals surface area contributed by atoms with Gasteiger partial charge in [-0.15, -0.1) is 16.4 Å². The Morgan fingerprint density at radius 1 is 1.30 bits per heavy atom. The van der Waals surface area contributed by atoms with Gasteiger partial charge in [0.1, 0.15) is 0 Å². The highest BCUT2D eigenvalue weighted by molar-refractivity contribution is 7.15. The number of nitrogens with zero attached hydrogens (tertiary/aromatic N) is 4. The molecular weight excluding hydrogens is 362 g/mol. The first-order valence-corrected chi connectivity index (χ1v) is 9.82. The second kappa shape index (κ2) is 6.77. The molecule has 1 unspecified atom stereocenters. The molecule has 0 saturated carbocycles. The Kier molecular flexibility index (Phi) is 4.43. The lowest BCUT2D eigenvalue weighted by Gasteiger charge is -2.20. The van der Waals surface area contributed by atoms with Crippen molar-refractivity contribution in [3.63, 3.8) is 0 Å². The summed E-state index contributed by atoms with van der Waals surface area (Å²) in [6.07, 6.45) is 0.237. The fourth-order valence-electron chi connectivity index (χ4n) is 3.28. The maximum atomic E-state index is 12.5. The van der Waals surface area contributed by atoms with Gasteiger partial charge >= 0.3 is 0 Å². The smallest absolute Gasteiger partial charge is 0.250 e. The van der Waals surface area contributed by atoms with Crippen molar-refractivity contribution in [1.82, 2.24) is 19.5 Å². The number of likely N-dealkylation sites (tertiary alicyclic amines) is 1. The monoisotopic (exact) mass is 383 g/mol. The maximum Gasteiger partial charge on any atom is 0.250 e. The summed E-state index contributed by atoms with van der Waals surface area (Å²) in [5.74, 6) is -0.277. The summed E-state index contributed by atoms with van der Waals surface area (Å²) in [5, 5.41) is 9.22. The number of rotatable bonds is 4. The van der Waals surface area contributed by atoms with Gasteiger partial charge in [-0.1, -0.05) is 29.8 Å². The van der Waals surface area contributed by atoms with Crippen LogP contribution in [0.4, 0.5) is 5.95 Å². The highest BCUT2D eigenvalue weighted by Crippen LogP contribution is 2.27. The van der Waals surface area contributed by atoms with Gasteiger partial charge in [0.2, 0.25) is 22.7 Å². The Morgan fingerprint density at radius 3 is 2.70 bits per heavy atom. The average Bonchev–Trinajstić information content (AvgIpc) is 3.29. The number of carbonyl (C=O) groups is 2. The van der Waals surface area contributed by atoms with Crippen LogP contribution < -0.4 is 5.32 Å². The molecule has 1 aliphatic rings. The summed E-state index contributed by atoms with van der Waals surface area (Å²) in [6, 6.07) is 8.29. The first-order valence-electron chi connectivity index (χ1n) is 8.94. The quantitative estimate of drug-likeness (QED) is 0.751. The first kappa shape index (κ1) is 17.7. The number of amides is 2. The van der Waals surface area contributed by atoms with Gasteiger partial charge < -0.3 is 4.90 Å². The molecule has 27 heavy (non-hydrogen) atoms. The number of benzene rings is 1. The SMILES string of the molecule is Cc1ccc(-c2csc3nc(NC(=O)C4CC(=O)N(C(C)C)C4)nn23)cc1. The number of carbonyl (C=O) groups excluding carboxylic acids is 2. The van der Waals surface area contributed by atoms with E-state index in [1.54, 1.807) is 9.42 Å². The highest BCUT2D eigenvalue weighted by Gasteiger charge is 2.35. The van der Waals surface area contributed by atoms with E-state index in [1.807, 2.05) is 38.3 Å². The third-order valence-corrected chi connectivity index (χ3v) is 5.63. The van der Waals surface area contributed by atoms with Gasteiger partial charge in [0.05, 0.1) is 11.6 Å². The van der Waals surface area contributed by atoms with Crippen molar-refractivity contribution in [2.45, 2.75) is 33.2 Å². The molecule has 2 aromatic heterocycles. The summed E-state index contributed by atoms with van der Waals surface area (Å²) in [5.41, 5.74) is 3.17. The zero-order valence-corrected chi connectivity index (χ0v) is 16.3. The predicted octanol–water partition coefficient (Wildman–Crippen LogP) is 2.96. The van der Waals surface area contributed by atoms with Crippen LogP contribution in [0.1, 0.15) is 25.8 Å². The molecule has 1 aromatic carbocycles. The van der Waals surface area contributed by atoms with E-state index in [2.05, 4.69) is 27.5 Å². The number of aromatic nitrogens is 3. The fraction of sp³-hybridized carbons (Fsp3) is 0.368. The molecule has 8 heteroatoms. The molecule has 1 atom stereocenters. The zero-order valence-electron chi connectivity index (χ0n) is 15.5. The van der Waals surface area contributed by atoms with Gasteiger partial charge in [-0.05, 0) is 20.8 Å². The minimum absolute atomic E-state index is 0.0191. The van der Waals surface area contributed by atoms with Crippen LogP contribution in [-0.4, -0.2) is 43.9 Å². The van der Waals surface area contributed by atoms with Crippen LogP contribution in [0.25, 0.3) is 16.2 Å². The lowest BCUT2D eigenvalue weighted by molar-refractivity contribution is -0.129. The van der Waals surface area contributed by atoms with Gasteiger partial charge in [0.15, 0.2) is 0 Å². The summed E-state index contributed by atoms with van der Waals surface area (Å²) in [4.78, 5) is 31.4. The van der Waals surface area contributed by atoms with Crippen molar-refractivity contribution >= 4 is 34.1 Å². The number of nitrogens with one attached hydrogen (secondary N) is 1. The number of anilines is 1. The molecule has 1 fully saturated rings. The standard InChI is InChI=1S/C19H21N5O2S/c1-11(2)23-9-14(8-16(23)25)17(26)20-18-21-19-24(22-18)15(10-27-19)13-6-4-12(3)5-7-13/h4-7,10-11,14H,8-9H2,1-3H3,(H,20,22,26). The van der Waals surface area contributed by atoms with Crippen molar-refractivity contribution in [3.05, 3.63) is 35.2 Å². The molecule has 1 saturated heterocycles. The van der Waals surface area contributed by atoms with Gasteiger partial charge in [0.25, 0.3) is 0 Å². The lowest BCUT2D eigenvalue weighted by atomic mass is 10.1. The largest absolute Gasteiger partial charge is 0.339 e. The lowest BCUT2D eigenvalue weighted by Crippen LogP contribution is -2.33. The second-order valence-corrected chi connectivity index (χ2v) is 7.98. The molecule has 0 aliphatic carbocycles. The van der Waals surface area contributed by atoms with Crippen molar-refractivity contribution in [2.75, 3.05) is 11.9 Å². The molecule has 7 nitrogen and oxygen atoms in total. The summed E-state index contributed by atoms with van der Waals surface area (Å²) >= 11 is 1.47. The van der Waals surface area contributed by atoms with E-state index in [9.17, 15) is 9.59 Å². The van der Waals surface area contributed by atoms with Crippen LogP contribution in [0.5, 0.6) is 0 Å². The first-order chi connectivity index (χ1) is 12.9. The predicted molar refractivity (Wildman–Crippen MR) is 105 cm³/mol. The molecule has 4 rings (SSSR count). The molecule has 1 aliphatic heterocycles. The Labute approximate surface area is 161 Å². The van der Waals surface area contributed by atoms with Gasteiger partial charge in [-0.25, -0.2) is 4.52 Å². The van der Waals surface area contributed by atoms with E-state index < -0.39 is 0 Å². The van der Waals surface area contributed by atoms with E-state index in [0.717, 1.165) is 11.3 Å². The summed E-state index contributed by atoms with van der Waals surface area (Å²) < 4.78 is 1.74. The van der Waals surface area contributed by atoms with Crippen LogP contribution in [0.3, 0.4) is 0 Å². The van der Waals surface area contributed by atoms with Crippen LogP contribution in [0.15, 0.2) is 29.6 Å². The third-order valence-electron chi connectivity index (χ3n) is 4.82. The molecule has 0 spiro atoms. The van der Waals surface area contributed by atoms with Crippen molar-refractivity contribution in [3.8, 4) is 11.3 Å². The molecule has 2 amide bonds. The topological polar surface area (TPSA) is 79.6 Å². The summed E-state index contributed by atoms with van der Waals surface area (Å²) in [7, 11) is 0. The van der Waals surface area contributed by atoms with Gasteiger partial charge in [0, 0.05) is 30.0 Å². The van der Waals surface area contributed by atoms with E-state index in [1.165, 1.54) is 16.9 Å². The van der Waals surface area contributed by atoms with Crippen molar-refractivity contribution < 1.29 is 9.59 Å². The van der Waals surface area contributed by atoms with E-state index in [4.69, 9.17) is 0 Å². The molecular formula is C19H21N5O2S. The van der Waals surface area contributed by atoms with E-state index in [0.29, 0.717) is 11.5 Å². The maximum absolute atomic E-state index is 12.5. The normalized spacial score (nSPS) is 17.3. The van der Waals surface area contributed by atoms with Crippen molar-refractivity contribution in [2.24, 2.45) is 5.92 Å². The number of hydrogen-bond donors (Lipinski definition) is 1. The Morgan fingerprint density at radius 2 is 2.04 bits per heavy atom. The number of hydrogen-bond acceptors (Lipinski definition) is 5. The van der Waals surface area contributed by atoms with Gasteiger partial charge in [-0.2, -0.15) is 4.98 Å². The van der Waals surface area contributed by atoms with E-state index in [-0.39, 0.29) is 36.1 Å². The van der Waals surface area contributed by atoms with Gasteiger partial charge in [-0.3, -0.25) is 14.9 Å². The fourth-order valence-corrected chi connectivity index (χ4v) is 4.11. The zero-order chi connectivity index (χ0) is 19.1. The second-order valence-electron chi connectivity index (χ2n) is 7.15. The van der Waals surface area contributed by atoms with Crippen molar-refractivity contribution in [1.29, 1.82) is 0 Å². The minimum Gasteiger partial charge on any atom is -0.339 e. The molecule has 0 bridgehead atoms. The van der Waals surface area contributed by atoms with Crippen LogP contribution >= 0.6 is 11.3 Å². The molecule has 140 valence electrons. The van der Waals surface area contributed by atoms with Crippen LogP contribution in [0.2, 0.25) is 0 Å². The third kappa shape index (κ3) is 3.32. The van der Waals surface area contributed by atoms with E-state index >= 15 is 0 Å². The Hall–Kier alpha value is -2.74. The van der Waals surface area contributed by atoms with Crippen LogP contribution in [-0.2, 0) is 9.59 Å². The summed E-state index contributed by atoms with van der Waals surface area (Å²) in [6.45, 7) is 6.40. The number of fused-ring (bicyclic) bond motifs is 1. The molecule has 3 aromatic rings. The Balaban J connectivity index is 1.53.